The van der Waals surface area contributed by atoms with Gasteiger partial charge in [-0.3, -0.25) is 19.2 Å². The van der Waals surface area contributed by atoms with E-state index in [0.717, 1.165) is 22.0 Å². The molecule has 4 amide bonds. The van der Waals surface area contributed by atoms with Gasteiger partial charge in [0.05, 0.1) is 6.42 Å². The lowest BCUT2D eigenvalue weighted by Crippen LogP contribution is -2.57. The van der Waals surface area contributed by atoms with Crippen molar-refractivity contribution < 1.29 is 33.8 Å². The average Bonchev–Trinajstić information content (AvgIpc) is 3.33. The third-order valence-corrected chi connectivity index (χ3v) is 6.30. The molecule has 0 saturated heterocycles. The first kappa shape index (κ1) is 30.7. The number of nitrogens with one attached hydrogen (secondary N) is 4. The van der Waals surface area contributed by atoms with Crippen LogP contribution in [-0.4, -0.2) is 58.0 Å². The number of carboxylic acid groups (broad SMARTS) is 1. The van der Waals surface area contributed by atoms with Gasteiger partial charge in [0, 0.05) is 23.5 Å². The molecule has 2 aromatic carbocycles. The summed E-state index contributed by atoms with van der Waals surface area (Å²) in [7, 11) is 0. The van der Waals surface area contributed by atoms with Gasteiger partial charge in [-0.15, -0.1) is 0 Å². The second-order valence-electron chi connectivity index (χ2n) is 10.1. The zero-order chi connectivity index (χ0) is 29.9. The van der Waals surface area contributed by atoms with Crippen molar-refractivity contribution >= 4 is 40.7 Å². The first-order chi connectivity index (χ1) is 19.5. The highest BCUT2D eigenvalue weighted by Gasteiger charge is 2.31. The molecule has 0 saturated carbocycles. The SMILES string of the molecule is CC(C)C[C@H](NC(=O)[C@H](Cc1c[nH]c2ccccc12)NC(=O)OCc1ccccc1)C(=O)N[C@@H](CC(=O)O)C(N)=O. The number of H-pyrrole nitrogens is 1. The summed E-state index contributed by atoms with van der Waals surface area (Å²) in [6.07, 6.45) is 0.461. The maximum Gasteiger partial charge on any atom is 0.408 e. The molecule has 0 radical (unpaired) electrons. The highest BCUT2D eigenvalue weighted by molar-refractivity contribution is 5.95. The lowest BCUT2D eigenvalue weighted by molar-refractivity contribution is -0.140. The molecule has 12 heteroatoms. The Balaban J connectivity index is 1.80. The summed E-state index contributed by atoms with van der Waals surface area (Å²) in [6, 6.07) is 12.8. The number of rotatable bonds is 14. The topological polar surface area (TPSA) is 193 Å². The Morgan fingerprint density at radius 3 is 2.17 bits per heavy atom. The van der Waals surface area contributed by atoms with Crippen molar-refractivity contribution in [3.8, 4) is 0 Å². The number of carbonyl (C=O) groups is 5. The molecule has 1 aromatic heterocycles. The Hall–Kier alpha value is -4.87. The number of nitrogens with two attached hydrogens (primary N) is 1. The van der Waals surface area contributed by atoms with E-state index in [-0.39, 0.29) is 25.4 Å². The zero-order valence-corrected chi connectivity index (χ0v) is 22.9. The summed E-state index contributed by atoms with van der Waals surface area (Å²) < 4.78 is 5.32. The van der Waals surface area contributed by atoms with E-state index in [0.29, 0.717) is 0 Å². The Bertz CT molecular complexity index is 1370. The van der Waals surface area contributed by atoms with Crippen molar-refractivity contribution in [1.29, 1.82) is 0 Å². The number of para-hydroxylation sites is 1. The Morgan fingerprint density at radius 1 is 0.878 bits per heavy atom. The van der Waals surface area contributed by atoms with E-state index in [1.54, 1.807) is 18.3 Å². The number of carbonyl (C=O) groups excluding carboxylic acids is 4. The van der Waals surface area contributed by atoms with Crippen LogP contribution in [0.2, 0.25) is 0 Å². The Kier molecular flexibility index (Phi) is 10.8. The summed E-state index contributed by atoms with van der Waals surface area (Å²) in [5.74, 6) is -3.84. The standard InChI is InChI=1S/C29H35N5O7/c1-17(2)12-23(27(38)32-22(26(30)37)14-25(35)36)33-28(39)24(13-19-15-31-21-11-7-6-10-20(19)21)34-29(40)41-16-18-8-4-3-5-9-18/h3-11,15,17,22-24,31H,12-14,16H2,1-2H3,(H2,30,37)(H,32,38)(H,33,39)(H,34,40)(H,35,36)/t22-,23-,24-/m0/s1. The fourth-order valence-corrected chi connectivity index (χ4v) is 4.28. The molecular weight excluding hydrogens is 530 g/mol. The van der Waals surface area contributed by atoms with Gasteiger partial charge in [0.25, 0.3) is 0 Å². The van der Waals surface area contributed by atoms with E-state index in [1.165, 1.54) is 0 Å². The van der Waals surface area contributed by atoms with Crippen molar-refractivity contribution in [2.75, 3.05) is 0 Å². The maximum atomic E-state index is 13.6. The normalized spacial score (nSPS) is 13.1. The van der Waals surface area contributed by atoms with Crippen molar-refractivity contribution in [2.45, 2.75) is 57.8 Å². The molecule has 1 heterocycles. The number of aliphatic carboxylic acids is 1. The van der Waals surface area contributed by atoms with Gasteiger partial charge in [-0.25, -0.2) is 4.79 Å². The third kappa shape index (κ3) is 9.38. The summed E-state index contributed by atoms with van der Waals surface area (Å²) in [6.45, 7) is 3.65. The number of carboxylic acids is 1. The van der Waals surface area contributed by atoms with E-state index in [2.05, 4.69) is 20.9 Å². The quantitative estimate of drug-likeness (QED) is 0.172. The summed E-state index contributed by atoms with van der Waals surface area (Å²) in [5, 5.41) is 17.5. The zero-order valence-electron chi connectivity index (χ0n) is 22.9. The van der Waals surface area contributed by atoms with Crippen LogP contribution in [0, 0.1) is 5.92 Å². The molecule has 0 bridgehead atoms. The average molecular weight is 566 g/mol. The highest BCUT2D eigenvalue weighted by Crippen LogP contribution is 2.19. The molecule has 41 heavy (non-hydrogen) atoms. The number of aromatic nitrogens is 1. The molecule has 0 unspecified atom stereocenters. The molecule has 0 fully saturated rings. The Morgan fingerprint density at radius 2 is 1.51 bits per heavy atom. The van der Waals surface area contributed by atoms with Crippen LogP contribution in [0.25, 0.3) is 10.9 Å². The molecule has 12 nitrogen and oxygen atoms in total. The van der Waals surface area contributed by atoms with E-state index in [1.807, 2.05) is 56.3 Å². The van der Waals surface area contributed by atoms with E-state index in [9.17, 15) is 24.0 Å². The number of benzene rings is 2. The number of fused-ring (bicyclic) bond motifs is 1. The molecular formula is C29H35N5O7. The maximum absolute atomic E-state index is 13.6. The van der Waals surface area contributed by atoms with Crippen LogP contribution < -0.4 is 21.7 Å². The molecule has 0 aliphatic carbocycles. The first-order valence-corrected chi connectivity index (χ1v) is 13.2. The minimum Gasteiger partial charge on any atom is -0.481 e. The minimum absolute atomic E-state index is 0.00936. The summed E-state index contributed by atoms with van der Waals surface area (Å²) in [4.78, 5) is 65.3. The van der Waals surface area contributed by atoms with Crippen LogP contribution >= 0.6 is 0 Å². The molecule has 3 aromatic rings. The number of aromatic amines is 1. The van der Waals surface area contributed by atoms with Gasteiger partial charge >= 0.3 is 12.1 Å². The predicted molar refractivity (Wildman–Crippen MR) is 150 cm³/mol. The van der Waals surface area contributed by atoms with Gasteiger partial charge in [0.1, 0.15) is 24.7 Å². The number of amides is 4. The van der Waals surface area contributed by atoms with Gasteiger partial charge in [-0.05, 0) is 29.5 Å². The highest BCUT2D eigenvalue weighted by atomic mass is 16.5. The van der Waals surface area contributed by atoms with Gasteiger partial charge in [-0.1, -0.05) is 62.4 Å². The van der Waals surface area contributed by atoms with Crippen LogP contribution in [0.5, 0.6) is 0 Å². The lowest BCUT2D eigenvalue weighted by Gasteiger charge is -2.25. The minimum atomic E-state index is -1.46. The molecule has 3 rings (SSSR count). The predicted octanol–water partition coefficient (Wildman–Crippen LogP) is 1.98. The third-order valence-electron chi connectivity index (χ3n) is 6.30. The van der Waals surface area contributed by atoms with Crippen molar-refractivity contribution in [3.63, 3.8) is 0 Å². The molecule has 0 spiro atoms. The van der Waals surface area contributed by atoms with Crippen LogP contribution in [0.3, 0.4) is 0 Å². The second kappa shape index (κ2) is 14.5. The Labute approximate surface area is 237 Å². The molecule has 7 N–H and O–H groups in total. The largest absolute Gasteiger partial charge is 0.481 e. The van der Waals surface area contributed by atoms with Gasteiger partial charge < -0.3 is 36.5 Å². The van der Waals surface area contributed by atoms with Crippen molar-refractivity contribution in [2.24, 2.45) is 11.7 Å². The first-order valence-electron chi connectivity index (χ1n) is 13.2. The smallest absolute Gasteiger partial charge is 0.408 e. The fraction of sp³-hybridized carbons (Fsp3) is 0.345. The summed E-state index contributed by atoms with van der Waals surface area (Å²) >= 11 is 0. The number of alkyl carbamates (subject to hydrolysis) is 1. The van der Waals surface area contributed by atoms with E-state index in [4.69, 9.17) is 15.6 Å². The van der Waals surface area contributed by atoms with Crippen LogP contribution in [0.1, 0.15) is 37.8 Å². The number of hydrogen-bond donors (Lipinski definition) is 6. The van der Waals surface area contributed by atoms with Gasteiger partial charge in [-0.2, -0.15) is 0 Å². The van der Waals surface area contributed by atoms with Crippen LogP contribution in [0.4, 0.5) is 4.79 Å². The summed E-state index contributed by atoms with van der Waals surface area (Å²) in [5.41, 5.74) is 7.63. The fourth-order valence-electron chi connectivity index (χ4n) is 4.28. The molecule has 0 aliphatic heterocycles. The monoisotopic (exact) mass is 565 g/mol. The van der Waals surface area contributed by atoms with Gasteiger partial charge in [0.15, 0.2) is 0 Å². The number of hydrogen-bond acceptors (Lipinski definition) is 6. The number of primary amides is 1. The van der Waals surface area contributed by atoms with Crippen molar-refractivity contribution in [3.05, 3.63) is 71.9 Å². The number of ether oxygens (including phenoxy) is 1. The van der Waals surface area contributed by atoms with Gasteiger partial charge in [0.2, 0.25) is 17.7 Å². The molecule has 218 valence electrons. The van der Waals surface area contributed by atoms with E-state index < -0.39 is 54.3 Å². The molecule has 0 aliphatic rings. The lowest BCUT2D eigenvalue weighted by atomic mass is 10.0. The van der Waals surface area contributed by atoms with Crippen LogP contribution in [0.15, 0.2) is 60.8 Å². The van der Waals surface area contributed by atoms with Crippen LogP contribution in [-0.2, 0) is 36.9 Å². The second-order valence-corrected chi connectivity index (χ2v) is 10.1. The molecule has 3 atom stereocenters. The van der Waals surface area contributed by atoms with E-state index >= 15 is 0 Å². The van der Waals surface area contributed by atoms with Crippen molar-refractivity contribution in [1.82, 2.24) is 20.9 Å².